The second-order valence-corrected chi connectivity index (χ2v) is 7.11. The van der Waals surface area contributed by atoms with Crippen LogP contribution in [-0.4, -0.2) is 22.6 Å². The molecule has 1 saturated carbocycles. The van der Waals surface area contributed by atoms with Crippen LogP contribution in [0, 0.1) is 5.92 Å². The maximum Gasteiger partial charge on any atom is 0.218 e. The van der Waals surface area contributed by atoms with Crippen molar-refractivity contribution in [2.24, 2.45) is 5.92 Å². The van der Waals surface area contributed by atoms with Crippen LogP contribution < -0.4 is 10.1 Å². The third kappa shape index (κ3) is 4.32. The summed E-state index contributed by atoms with van der Waals surface area (Å²) < 4.78 is 5.61. The average Bonchev–Trinajstić information content (AvgIpc) is 2.41. The third-order valence-corrected chi connectivity index (χ3v) is 4.11. The summed E-state index contributed by atoms with van der Waals surface area (Å²) in [5.41, 5.74) is -0.0816. The van der Waals surface area contributed by atoms with Gasteiger partial charge in [-0.25, -0.2) is 4.98 Å². The molecule has 1 aromatic heterocycles. The van der Waals surface area contributed by atoms with Crippen molar-refractivity contribution in [2.45, 2.75) is 71.8 Å². The Morgan fingerprint density at radius 3 is 2.57 bits per heavy atom. The summed E-state index contributed by atoms with van der Waals surface area (Å²) in [6, 6.07) is 2.44. The first-order chi connectivity index (χ1) is 9.90. The molecule has 0 aliphatic heterocycles. The van der Waals surface area contributed by atoms with Gasteiger partial charge in [0.2, 0.25) is 5.88 Å². The van der Waals surface area contributed by atoms with E-state index in [1.807, 2.05) is 13.0 Å². The molecular formula is C17H29N3O. The minimum Gasteiger partial charge on any atom is -0.478 e. The summed E-state index contributed by atoms with van der Waals surface area (Å²) >= 11 is 0. The van der Waals surface area contributed by atoms with Crippen LogP contribution >= 0.6 is 0 Å². The third-order valence-electron chi connectivity index (χ3n) is 4.11. The highest BCUT2D eigenvalue weighted by molar-refractivity contribution is 5.40. The highest BCUT2D eigenvalue weighted by atomic mass is 16.5. The molecule has 0 spiro atoms. The van der Waals surface area contributed by atoms with Crippen LogP contribution in [0.1, 0.15) is 66.1 Å². The molecular weight excluding hydrogens is 262 g/mol. The largest absolute Gasteiger partial charge is 0.478 e. The van der Waals surface area contributed by atoms with Gasteiger partial charge in [-0.1, -0.05) is 40.5 Å². The number of nitrogens with zero attached hydrogens (tertiary/aromatic N) is 2. The monoisotopic (exact) mass is 291 g/mol. The molecule has 21 heavy (non-hydrogen) atoms. The Kier molecular flexibility index (Phi) is 5.07. The molecule has 1 aliphatic rings. The van der Waals surface area contributed by atoms with E-state index in [4.69, 9.17) is 9.72 Å². The molecule has 0 bridgehead atoms. The second-order valence-electron chi connectivity index (χ2n) is 7.11. The highest BCUT2D eigenvalue weighted by Crippen LogP contribution is 2.28. The van der Waals surface area contributed by atoms with Gasteiger partial charge in [-0.2, -0.15) is 4.98 Å². The van der Waals surface area contributed by atoms with Crippen molar-refractivity contribution < 1.29 is 4.74 Å². The summed E-state index contributed by atoms with van der Waals surface area (Å²) in [4.78, 5) is 9.25. The Morgan fingerprint density at radius 1 is 1.24 bits per heavy atom. The van der Waals surface area contributed by atoms with E-state index < -0.39 is 0 Å². The maximum absolute atomic E-state index is 5.61. The number of aromatic nitrogens is 2. The molecule has 118 valence electrons. The van der Waals surface area contributed by atoms with Crippen LogP contribution in [0.15, 0.2) is 6.07 Å². The lowest BCUT2D eigenvalue weighted by atomic mass is 9.86. The predicted molar refractivity (Wildman–Crippen MR) is 86.9 cm³/mol. The molecule has 2 atom stereocenters. The Bertz CT molecular complexity index is 468. The molecule has 2 rings (SSSR count). The smallest absolute Gasteiger partial charge is 0.218 e. The van der Waals surface area contributed by atoms with Crippen LogP contribution in [0.3, 0.4) is 0 Å². The SMILES string of the molecule is CCOc1cc(NC2CCCCC2C)nc(C(C)(C)C)n1. The molecule has 0 amide bonds. The van der Waals surface area contributed by atoms with Crippen LogP contribution in [0.2, 0.25) is 0 Å². The van der Waals surface area contributed by atoms with E-state index in [9.17, 15) is 0 Å². The number of nitrogens with one attached hydrogen (secondary N) is 1. The van der Waals surface area contributed by atoms with Crippen LogP contribution in [-0.2, 0) is 5.41 Å². The molecule has 0 radical (unpaired) electrons. The molecule has 1 aliphatic carbocycles. The van der Waals surface area contributed by atoms with Crippen molar-refractivity contribution in [3.05, 3.63) is 11.9 Å². The number of rotatable bonds is 4. The van der Waals surface area contributed by atoms with Gasteiger partial charge in [0.25, 0.3) is 0 Å². The van der Waals surface area contributed by atoms with Crippen molar-refractivity contribution in [2.75, 3.05) is 11.9 Å². The fourth-order valence-electron chi connectivity index (χ4n) is 2.78. The molecule has 1 heterocycles. The topological polar surface area (TPSA) is 47.0 Å². The number of hydrogen-bond acceptors (Lipinski definition) is 4. The molecule has 0 aromatic carbocycles. The van der Waals surface area contributed by atoms with Crippen molar-refractivity contribution in [3.8, 4) is 5.88 Å². The first kappa shape index (κ1) is 16.1. The van der Waals surface area contributed by atoms with Gasteiger partial charge in [-0.3, -0.25) is 0 Å². The molecule has 1 fully saturated rings. The van der Waals surface area contributed by atoms with Gasteiger partial charge in [-0.15, -0.1) is 0 Å². The minimum atomic E-state index is -0.0816. The Morgan fingerprint density at radius 2 is 1.95 bits per heavy atom. The zero-order chi connectivity index (χ0) is 15.5. The van der Waals surface area contributed by atoms with Crippen molar-refractivity contribution in [1.29, 1.82) is 0 Å². The summed E-state index contributed by atoms with van der Waals surface area (Å²) in [6.45, 7) is 11.3. The Labute approximate surface area is 128 Å². The zero-order valence-electron chi connectivity index (χ0n) is 14.1. The van der Waals surface area contributed by atoms with Crippen LogP contribution in [0.5, 0.6) is 5.88 Å². The first-order valence-electron chi connectivity index (χ1n) is 8.19. The maximum atomic E-state index is 5.61. The van der Waals surface area contributed by atoms with Gasteiger partial charge >= 0.3 is 0 Å². The van der Waals surface area contributed by atoms with Gasteiger partial charge in [0, 0.05) is 17.5 Å². The average molecular weight is 291 g/mol. The summed E-state index contributed by atoms with van der Waals surface area (Å²) in [5.74, 6) is 3.10. The van der Waals surface area contributed by atoms with E-state index in [0.717, 1.165) is 11.6 Å². The zero-order valence-corrected chi connectivity index (χ0v) is 14.1. The molecule has 4 nitrogen and oxygen atoms in total. The fourth-order valence-corrected chi connectivity index (χ4v) is 2.78. The minimum absolute atomic E-state index is 0.0816. The lowest BCUT2D eigenvalue weighted by Gasteiger charge is -2.30. The van der Waals surface area contributed by atoms with Gasteiger partial charge in [0.05, 0.1) is 6.61 Å². The van der Waals surface area contributed by atoms with Gasteiger partial charge in [0.15, 0.2) is 0 Å². The molecule has 2 unspecified atom stereocenters. The predicted octanol–water partition coefficient (Wildman–Crippen LogP) is 4.16. The number of anilines is 1. The number of hydrogen-bond donors (Lipinski definition) is 1. The molecule has 1 aromatic rings. The van der Waals surface area contributed by atoms with E-state index in [0.29, 0.717) is 24.4 Å². The lowest BCUT2D eigenvalue weighted by molar-refractivity contribution is 0.321. The first-order valence-corrected chi connectivity index (χ1v) is 8.19. The van der Waals surface area contributed by atoms with E-state index in [2.05, 4.69) is 38.0 Å². The summed E-state index contributed by atoms with van der Waals surface area (Å²) in [6.07, 6.45) is 5.17. The van der Waals surface area contributed by atoms with E-state index in [1.54, 1.807) is 0 Å². The number of ether oxygens (including phenoxy) is 1. The second kappa shape index (κ2) is 6.63. The highest BCUT2D eigenvalue weighted by Gasteiger charge is 2.24. The molecule has 4 heteroatoms. The molecule has 0 saturated heterocycles. The lowest BCUT2D eigenvalue weighted by Crippen LogP contribution is -2.31. The van der Waals surface area contributed by atoms with Gasteiger partial charge < -0.3 is 10.1 Å². The van der Waals surface area contributed by atoms with Crippen molar-refractivity contribution in [1.82, 2.24) is 9.97 Å². The van der Waals surface area contributed by atoms with Crippen molar-refractivity contribution >= 4 is 5.82 Å². The normalized spacial score (nSPS) is 22.9. The van der Waals surface area contributed by atoms with Crippen molar-refractivity contribution in [3.63, 3.8) is 0 Å². The molecule has 1 N–H and O–H groups in total. The van der Waals surface area contributed by atoms with Crippen LogP contribution in [0.25, 0.3) is 0 Å². The standard InChI is InChI=1S/C17H29N3O/c1-6-21-15-11-14(19-16(20-15)17(3,4)5)18-13-10-8-7-9-12(13)2/h11-13H,6-10H2,1-5H3,(H,18,19,20). The van der Waals surface area contributed by atoms with E-state index in [1.165, 1.54) is 25.7 Å². The summed E-state index contributed by atoms with van der Waals surface area (Å²) in [5, 5.41) is 3.61. The van der Waals surface area contributed by atoms with E-state index >= 15 is 0 Å². The Hall–Kier alpha value is -1.32. The quantitative estimate of drug-likeness (QED) is 0.904. The van der Waals surface area contributed by atoms with Gasteiger partial charge in [-0.05, 0) is 25.7 Å². The van der Waals surface area contributed by atoms with Crippen LogP contribution in [0.4, 0.5) is 5.82 Å². The summed E-state index contributed by atoms with van der Waals surface area (Å²) in [7, 11) is 0. The van der Waals surface area contributed by atoms with E-state index in [-0.39, 0.29) is 5.41 Å². The fraction of sp³-hybridized carbons (Fsp3) is 0.765. The Balaban J connectivity index is 2.22. The van der Waals surface area contributed by atoms with Gasteiger partial charge in [0.1, 0.15) is 11.6 Å².